The van der Waals surface area contributed by atoms with Crippen LogP contribution in [0.5, 0.6) is 0 Å². The molecule has 2 aromatic heterocycles. The Labute approximate surface area is 192 Å². The van der Waals surface area contributed by atoms with Crippen LogP contribution in [0.2, 0.25) is 0 Å². The van der Waals surface area contributed by atoms with Crippen molar-refractivity contribution in [2.75, 3.05) is 26.2 Å². The van der Waals surface area contributed by atoms with Crippen molar-refractivity contribution in [3.05, 3.63) is 83.4 Å². The average molecular weight is 444 g/mol. The largest absolute Gasteiger partial charge is 0.336 e. The van der Waals surface area contributed by atoms with Crippen LogP contribution in [0.4, 0.5) is 4.39 Å². The first-order valence-corrected chi connectivity index (χ1v) is 11.1. The molecule has 1 fully saturated rings. The van der Waals surface area contributed by atoms with Crippen molar-refractivity contribution in [1.29, 1.82) is 0 Å². The lowest BCUT2D eigenvalue weighted by atomic mass is 10.0. The quantitative estimate of drug-likeness (QED) is 0.478. The van der Waals surface area contributed by atoms with E-state index in [1.54, 1.807) is 10.7 Å². The monoisotopic (exact) mass is 443 g/mol. The number of amides is 1. The number of para-hydroxylation sites is 1. The second-order valence-corrected chi connectivity index (χ2v) is 8.53. The first kappa shape index (κ1) is 21.3. The molecule has 0 unspecified atom stereocenters. The molecule has 6 nitrogen and oxygen atoms in total. The summed E-state index contributed by atoms with van der Waals surface area (Å²) in [4.78, 5) is 22.5. The minimum absolute atomic E-state index is 0.00179. The summed E-state index contributed by atoms with van der Waals surface area (Å²) in [5.74, 6) is -0.181. The summed E-state index contributed by atoms with van der Waals surface area (Å²) >= 11 is 0. The summed E-state index contributed by atoms with van der Waals surface area (Å²) in [5, 5.41) is 5.28. The van der Waals surface area contributed by atoms with E-state index in [0.29, 0.717) is 43.9 Å². The van der Waals surface area contributed by atoms with Crippen molar-refractivity contribution >= 4 is 16.8 Å². The zero-order valence-corrected chi connectivity index (χ0v) is 18.8. The van der Waals surface area contributed by atoms with Crippen molar-refractivity contribution < 1.29 is 9.18 Å². The van der Waals surface area contributed by atoms with Crippen molar-refractivity contribution in [2.45, 2.75) is 13.5 Å². The zero-order chi connectivity index (χ0) is 22.9. The summed E-state index contributed by atoms with van der Waals surface area (Å²) in [6.07, 6.45) is 1.93. The Balaban J connectivity index is 1.39. The molecule has 0 saturated carbocycles. The summed E-state index contributed by atoms with van der Waals surface area (Å²) < 4.78 is 15.8. The first-order valence-electron chi connectivity index (χ1n) is 11.1. The van der Waals surface area contributed by atoms with Crippen LogP contribution >= 0.6 is 0 Å². The molecule has 0 radical (unpaired) electrons. The molecule has 0 N–H and O–H groups in total. The van der Waals surface area contributed by atoms with E-state index in [1.165, 1.54) is 6.07 Å². The molecule has 1 amide bonds. The molecule has 1 saturated heterocycles. The number of hydrogen-bond acceptors (Lipinski definition) is 4. The average Bonchev–Trinajstić information content (AvgIpc) is 3.17. The smallest absolute Gasteiger partial charge is 0.254 e. The maximum Gasteiger partial charge on any atom is 0.254 e. The van der Waals surface area contributed by atoms with E-state index < -0.39 is 0 Å². The van der Waals surface area contributed by atoms with Gasteiger partial charge in [0.25, 0.3) is 5.91 Å². The third kappa shape index (κ3) is 4.24. The summed E-state index contributed by atoms with van der Waals surface area (Å²) in [6, 6.07) is 16.5. The molecule has 2 aromatic carbocycles. The van der Waals surface area contributed by atoms with Crippen molar-refractivity contribution in [3.63, 3.8) is 0 Å². The molecule has 7 heteroatoms. The molecular formula is C26H26FN5O. The highest BCUT2D eigenvalue weighted by molar-refractivity contribution is 6.07. The Kier molecular flexibility index (Phi) is 5.64. The predicted octanol–water partition coefficient (Wildman–Crippen LogP) is 4.04. The van der Waals surface area contributed by atoms with Gasteiger partial charge in [-0.2, -0.15) is 5.10 Å². The molecule has 5 rings (SSSR count). The van der Waals surface area contributed by atoms with Crippen molar-refractivity contribution in [2.24, 2.45) is 7.05 Å². The SMILES string of the molecule is Cc1nn(C)cc1-c1cc(C(=O)N2CCN(Cc3ccccc3F)CC2)c2ccccc2n1. The maximum atomic E-state index is 14.0. The number of pyridine rings is 1. The van der Waals surface area contributed by atoms with E-state index in [1.807, 2.05) is 67.5 Å². The van der Waals surface area contributed by atoms with Crippen LogP contribution in [-0.4, -0.2) is 56.7 Å². The fourth-order valence-corrected chi connectivity index (χ4v) is 4.49. The number of halogens is 1. The van der Waals surface area contributed by atoms with Crippen molar-refractivity contribution in [3.8, 4) is 11.3 Å². The van der Waals surface area contributed by atoms with E-state index in [-0.39, 0.29) is 11.7 Å². The number of piperazine rings is 1. The van der Waals surface area contributed by atoms with E-state index in [2.05, 4.69) is 10.00 Å². The topological polar surface area (TPSA) is 54.3 Å². The number of rotatable bonds is 4. The van der Waals surface area contributed by atoms with Gasteiger partial charge in [-0.15, -0.1) is 0 Å². The van der Waals surface area contributed by atoms with Gasteiger partial charge in [-0.25, -0.2) is 9.37 Å². The number of nitrogens with zero attached hydrogens (tertiary/aromatic N) is 5. The molecule has 1 aliphatic rings. The summed E-state index contributed by atoms with van der Waals surface area (Å²) in [6.45, 7) is 5.12. The molecular weight excluding hydrogens is 417 g/mol. The number of aromatic nitrogens is 3. The van der Waals surface area contributed by atoms with Crippen molar-refractivity contribution in [1.82, 2.24) is 24.6 Å². The van der Waals surface area contributed by atoms with E-state index in [9.17, 15) is 9.18 Å². The molecule has 1 aliphatic heterocycles. The number of carbonyl (C=O) groups excluding carboxylic acids is 1. The highest BCUT2D eigenvalue weighted by Crippen LogP contribution is 2.27. The molecule has 0 atom stereocenters. The predicted molar refractivity (Wildman–Crippen MR) is 126 cm³/mol. The van der Waals surface area contributed by atoms with E-state index >= 15 is 0 Å². The molecule has 0 aliphatic carbocycles. The number of hydrogen-bond donors (Lipinski definition) is 0. The fraction of sp³-hybridized carbons (Fsp3) is 0.269. The van der Waals surface area contributed by atoms with Gasteiger partial charge < -0.3 is 4.90 Å². The highest BCUT2D eigenvalue weighted by Gasteiger charge is 2.25. The Hall–Kier alpha value is -3.58. The Bertz CT molecular complexity index is 1320. The Morgan fingerprint density at radius 2 is 1.76 bits per heavy atom. The van der Waals surface area contributed by atoms with Crippen LogP contribution in [0.15, 0.2) is 60.8 Å². The second kappa shape index (κ2) is 8.75. The van der Waals surface area contributed by atoms with E-state index in [0.717, 1.165) is 27.9 Å². The lowest BCUT2D eigenvalue weighted by molar-refractivity contribution is 0.0629. The van der Waals surface area contributed by atoms with Gasteiger partial charge in [-0.1, -0.05) is 36.4 Å². The first-order chi connectivity index (χ1) is 16.0. The second-order valence-electron chi connectivity index (χ2n) is 8.53. The zero-order valence-electron chi connectivity index (χ0n) is 18.8. The van der Waals surface area contributed by atoms with Gasteiger partial charge in [0.1, 0.15) is 5.82 Å². The van der Waals surface area contributed by atoms with Crippen LogP contribution in [0.1, 0.15) is 21.6 Å². The summed E-state index contributed by atoms with van der Waals surface area (Å²) in [5.41, 5.74) is 4.68. The molecule has 0 spiro atoms. The van der Waals surface area contributed by atoms with Gasteiger partial charge in [-0.3, -0.25) is 14.4 Å². The molecule has 3 heterocycles. The van der Waals surface area contributed by atoms with Gasteiger partial charge in [0.15, 0.2) is 0 Å². The lowest BCUT2D eigenvalue weighted by Crippen LogP contribution is -2.48. The third-order valence-corrected chi connectivity index (χ3v) is 6.25. The number of aryl methyl sites for hydroxylation is 2. The van der Waals surface area contributed by atoms with Gasteiger partial charge in [0, 0.05) is 62.5 Å². The molecule has 168 valence electrons. The molecule has 33 heavy (non-hydrogen) atoms. The van der Waals surface area contributed by atoms with Gasteiger partial charge >= 0.3 is 0 Å². The minimum atomic E-state index is -0.183. The minimum Gasteiger partial charge on any atom is -0.336 e. The van der Waals surface area contributed by atoms with Crippen LogP contribution in [0.25, 0.3) is 22.2 Å². The molecule has 0 bridgehead atoms. The van der Waals surface area contributed by atoms with Gasteiger partial charge in [0.05, 0.1) is 22.5 Å². The maximum absolute atomic E-state index is 14.0. The van der Waals surface area contributed by atoms with Crippen LogP contribution in [-0.2, 0) is 13.6 Å². The number of benzene rings is 2. The lowest BCUT2D eigenvalue weighted by Gasteiger charge is -2.35. The highest BCUT2D eigenvalue weighted by atomic mass is 19.1. The normalized spacial score (nSPS) is 14.7. The Morgan fingerprint density at radius 3 is 2.48 bits per heavy atom. The van der Waals surface area contributed by atoms with Gasteiger partial charge in [-0.05, 0) is 25.1 Å². The number of carbonyl (C=O) groups is 1. The van der Waals surface area contributed by atoms with E-state index in [4.69, 9.17) is 4.98 Å². The van der Waals surface area contributed by atoms with Crippen LogP contribution < -0.4 is 0 Å². The van der Waals surface area contributed by atoms with Crippen LogP contribution in [0.3, 0.4) is 0 Å². The fourth-order valence-electron chi connectivity index (χ4n) is 4.49. The third-order valence-electron chi connectivity index (χ3n) is 6.25. The standard InChI is InChI=1S/C26H26FN5O/c1-18-22(17-30(2)29-18)25-15-21(20-8-4-6-10-24(20)28-25)26(33)32-13-11-31(12-14-32)16-19-7-3-5-9-23(19)27/h3-10,15,17H,11-14,16H2,1-2H3. The molecule has 4 aromatic rings. The summed E-state index contributed by atoms with van der Waals surface area (Å²) in [7, 11) is 1.88. The number of fused-ring (bicyclic) bond motifs is 1. The van der Waals surface area contributed by atoms with Crippen LogP contribution in [0, 0.1) is 12.7 Å². The van der Waals surface area contributed by atoms with Gasteiger partial charge in [0.2, 0.25) is 0 Å². The Morgan fingerprint density at radius 1 is 1.03 bits per heavy atom.